The summed E-state index contributed by atoms with van der Waals surface area (Å²) in [4.78, 5) is 26.3. The van der Waals surface area contributed by atoms with Crippen LogP contribution in [0.2, 0.25) is 0 Å². The molecule has 2 aliphatic rings. The molecule has 1 aromatic carbocycles. The van der Waals surface area contributed by atoms with E-state index in [-0.39, 0.29) is 29.2 Å². The van der Waals surface area contributed by atoms with Crippen LogP contribution in [-0.2, 0) is 19.6 Å². The second kappa shape index (κ2) is 9.54. The zero-order valence-corrected chi connectivity index (χ0v) is 19.5. The maximum Gasteiger partial charge on any atom is 0.213 e. The molecule has 1 heterocycles. The second-order valence-electron chi connectivity index (χ2n) is 8.46. The molecule has 0 unspecified atom stereocenters. The topological polar surface area (TPSA) is 80.8 Å². The van der Waals surface area contributed by atoms with Crippen molar-refractivity contribution >= 4 is 21.6 Å². The molecule has 0 N–H and O–H groups in total. The normalized spacial score (nSPS) is 23.4. The molecular formula is C24H31NO5S. The lowest BCUT2D eigenvalue weighted by molar-refractivity contribution is -0.134. The van der Waals surface area contributed by atoms with Crippen LogP contribution in [-0.4, -0.2) is 50.2 Å². The van der Waals surface area contributed by atoms with Gasteiger partial charge in [0.1, 0.15) is 23.2 Å². The van der Waals surface area contributed by atoms with E-state index in [9.17, 15) is 18.0 Å². The summed E-state index contributed by atoms with van der Waals surface area (Å²) in [6, 6.07) is 3.68. The monoisotopic (exact) mass is 445 g/mol. The molecule has 0 spiro atoms. The number of rotatable bonds is 5. The Morgan fingerprint density at radius 3 is 2.23 bits per heavy atom. The molecule has 7 heteroatoms. The van der Waals surface area contributed by atoms with Crippen molar-refractivity contribution in [2.75, 3.05) is 26.0 Å². The number of hydrogen-bond acceptors (Lipinski definition) is 5. The Morgan fingerprint density at radius 1 is 1.10 bits per heavy atom. The minimum Gasteiger partial charge on any atom is -0.496 e. The molecule has 0 bridgehead atoms. The zero-order chi connectivity index (χ0) is 22.8. The minimum absolute atomic E-state index is 0.0146. The molecular weight excluding hydrogens is 414 g/mol. The smallest absolute Gasteiger partial charge is 0.213 e. The molecule has 1 saturated heterocycles. The van der Waals surface area contributed by atoms with E-state index in [1.54, 1.807) is 27.0 Å². The van der Waals surface area contributed by atoms with Crippen LogP contribution in [0.5, 0.6) is 5.75 Å². The van der Waals surface area contributed by atoms with Gasteiger partial charge in [0.25, 0.3) is 0 Å². The summed E-state index contributed by atoms with van der Waals surface area (Å²) in [6.07, 6.45) is 2.09. The fourth-order valence-electron chi connectivity index (χ4n) is 4.99. The molecule has 3 rings (SSSR count). The lowest BCUT2D eigenvalue weighted by atomic mass is 9.69. The first kappa shape index (κ1) is 23.5. The first-order chi connectivity index (χ1) is 14.7. The number of hydrogen-bond donors (Lipinski definition) is 0. The molecule has 1 saturated carbocycles. The first-order valence-corrected chi connectivity index (χ1v) is 12.5. The largest absolute Gasteiger partial charge is 0.496 e. The summed E-state index contributed by atoms with van der Waals surface area (Å²) in [5.74, 6) is 5.73. The summed E-state index contributed by atoms with van der Waals surface area (Å²) in [7, 11) is -1.64. The van der Waals surface area contributed by atoms with Gasteiger partial charge in [-0.05, 0) is 63.1 Å². The maximum atomic E-state index is 13.1. The third-order valence-electron chi connectivity index (χ3n) is 6.62. The number of Topliss-reactive ketones (excluding diaryl/α,β-unsaturated/α-hetero) is 2. The molecule has 1 aliphatic heterocycles. The number of ketones is 2. The predicted molar refractivity (Wildman–Crippen MR) is 120 cm³/mol. The fraction of sp³-hybridized carbons (Fsp3) is 0.583. The summed E-state index contributed by atoms with van der Waals surface area (Å²) >= 11 is 0. The zero-order valence-electron chi connectivity index (χ0n) is 18.7. The quantitative estimate of drug-likeness (QED) is 0.514. The molecule has 1 aliphatic carbocycles. The van der Waals surface area contributed by atoms with Crippen LogP contribution < -0.4 is 4.74 Å². The van der Waals surface area contributed by atoms with Crippen LogP contribution in [0.25, 0.3) is 0 Å². The average Bonchev–Trinajstić information content (AvgIpc) is 2.74. The molecule has 0 aromatic heterocycles. The third-order valence-corrected chi connectivity index (χ3v) is 8.50. The van der Waals surface area contributed by atoms with Crippen molar-refractivity contribution in [3.63, 3.8) is 0 Å². The highest BCUT2D eigenvalue weighted by Gasteiger charge is 2.42. The number of benzene rings is 1. The van der Waals surface area contributed by atoms with Gasteiger partial charge in [-0.15, -0.1) is 5.92 Å². The number of methoxy groups -OCH3 is 1. The lowest BCUT2D eigenvalue weighted by Gasteiger charge is -2.38. The van der Waals surface area contributed by atoms with Crippen LogP contribution in [0.3, 0.4) is 0 Å². The van der Waals surface area contributed by atoms with E-state index in [4.69, 9.17) is 4.74 Å². The van der Waals surface area contributed by atoms with E-state index >= 15 is 0 Å². The van der Waals surface area contributed by atoms with Gasteiger partial charge in [0.2, 0.25) is 10.0 Å². The Morgan fingerprint density at radius 2 is 1.71 bits per heavy atom. The van der Waals surface area contributed by atoms with Crippen LogP contribution >= 0.6 is 0 Å². The second-order valence-corrected chi connectivity index (χ2v) is 10.7. The summed E-state index contributed by atoms with van der Waals surface area (Å²) < 4.78 is 31.3. The molecule has 2 fully saturated rings. The van der Waals surface area contributed by atoms with Crippen LogP contribution in [0.15, 0.2) is 12.1 Å². The SMILES string of the molecule is CC#Cc1cc(C)c(C2C(=O)CC(C3CCN(S(=O)(=O)CC)CC3)CC2=O)c(OC)c1. The highest BCUT2D eigenvalue weighted by molar-refractivity contribution is 7.89. The molecule has 0 atom stereocenters. The van der Waals surface area contributed by atoms with Crippen molar-refractivity contribution < 1.29 is 22.7 Å². The Hall–Kier alpha value is -2.17. The highest BCUT2D eigenvalue weighted by Crippen LogP contribution is 2.41. The number of sulfonamides is 1. The van der Waals surface area contributed by atoms with Crippen molar-refractivity contribution in [1.29, 1.82) is 0 Å². The summed E-state index contributed by atoms with van der Waals surface area (Å²) in [5, 5.41) is 0. The number of nitrogens with zero attached hydrogens (tertiary/aromatic N) is 1. The lowest BCUT2D eigenvalue weighted by Crippen LogP contribution is -2.43. The van der Waals surface area contributed by atoms with Crippen LogP contribution in [0.4, 0.5) is 0 Å². The Kier molecular flexibility index (Phi) is 7.23. The minimum atomic E-state index is -3.19. The van der Waals surface area contributed by atoms with Crippen molar-refractivity contribution in [2.45, 2.75) is 52.4 Å². The summed E-state index contributed by atoms with van der Waals surface area (Å²) in [6.45, 7) is 6.23. The standard InChI is InChI=1S/C24H31NO5S/c1-5-7-17-12-16(3)23(22(13-17)30-4)24-20(26)14-19(15-21(24)27)18-8-10-25(11-9-18)31(28,29)6-2/h12-13,18-19,24H,6,8-11,14-15H2,1-4H3. The molecule has 6 nitrogen and oxygen atoms in total. The number of piperidine rings is 1. The Labute approximate surface area is 185 Å². The Bertz CT molecular complexity index is 1010. The van der Waals surface area contributed by atoms with Gasteiger partial charge in [-0.25, -0.2) is 12.7 Å². The number of ether oxygens (including phenoxy) is 1. The van der Waals surface area contributed by atoms with Crippen molar-refractivity contribution in [2.24, 2.45) is 11.8 Å². The Balaban J connectivity index is 1.77. The van der Waals surface area contributed by atoms with Gasteiger partial charge in [-0.3, -0.25) is 9.59 Å². The van der Waals surface area contributed by atoms with E-state index in [1.165, 1.54) is 4.31 Å². The summed E-state index contributed by atoms with van der Waals surface area (Å²) in [5.41, 5.74) is 2.28. The predicted octanol–water partition coefficient (Wildman–Crippen LogP) is 3.07. The number of carbonyl (C=O) groups excluding carboxylic acids is 2. The van der Waals surface area contributed by atoms with Gasteiger partial charge in [-0.1, -0.05) is 5.92 Å². The van der Waals surface area contributed by atoms with E-state index in [0.717, 1.165) is 11.1 Å². The molecule has 0 amide bonds. The van der Waals surface area contributed by atoms with Gasteiger partial charge in [0.05, 0.1) is 12.9 Å². The van der Waals surface area contributed by atoms with Gasteiger partial charge in [0.15, 0.2) is 0 Å². The molecule has 0 radical (unpaired) electrons. The van der Waals surface area contributed by atoms with Crippen molar-refractivity contribution in [3.8, 4) is 17.6 Å². The van der Waals surface area contributed by atoms with E-state index in [0.29, 0.717) is 50.1 Å². The van der Waals surface area contributed by atoms with Crippen molar-refractivity contribution in [3.05, 3.63) is 28.8 Å². The molecule has 31 heavy (non-hydrogen) atoms. The van der Waals surface area contributed by atoms with Gasteiger partial charge < -0.3 is 4.74 Å². The number of aryl methyl sites for hydroxylation is 1. The van der Waals surface area contributed by atoms with Gasteiger partial charge in [-0.2, -0.15) is 0 Å². The van der Waals surface area contributed by atoms with E-state index < -0.39 is 15.9 Å². The van der Waals surface area contributed by atoms with Crippen molar-refractivity contribution in [1.82, 2.24) is 4.31 Å². The first-order valence-electron chi connectivity index (χ1n) is 10.9. The average molecular weight is 446 g/mol. The van der Waals surface area contributed by atoms with Crippen LogP contribution in [0.1, 0.15) is 62.1 Å². The molecule has 1 aromatic rings. The van der Waals surface area contributed by atoms with E-state index in [1.807, 2.05) is 13.0 Å². The van der Waals surface area contributed by atoms with E-state index in [2.05, 4.69) is 11.8 Å². The van der Waals surface area contributed by atoms with Gasteiger partial charge >= 0.3 is 0 Å². The third kappa shape index (κ3) is 4.86. The highest BCUT2D eigenvalue weighted by atomic mass is 32.2. The molecule has 168 valence electrons. The van der Waals surface area contributed by atoms with Gasteiger partial charge in [0, 0.05) is 37.1 Å². The maximum absolute atomic E-state index is 13.1. The fourth-order valence-corrected chi connectivity index (χ4v) is 6.12. The number of carbonyl (C=O) groups is 2. The van der Waals surface area contributed by atoms with Crippen LogP contribution in [0, 0.1) is 30.6 Å².